The molecule has 112 valence electrons. The van der Waals surface area contributed by atoms with Crippen LogP contribution < -0.4 is 15.2 Å². The van der Waals surface area contributed by atoms with Crippen LogP contribution in [0.2, 0.25) is 0 Å². The van der Waals surface area contributed by atoms with Gasteiger partial charge in [-0.3, -0.25) is 0 Å². The lowest BCUT2D eigenvalue weighted by Gasteiger charge is -2.27. The average molecular weight is 295 g/mol. The second-order valence-electron chi connectivity index (χ2n) is 6.45. The summed E-state index contributed by atoms with van der Waals surface area (Å²) in [5.74, 6) is 0. The standard InChI is InChI=1S/C15H25N3OS/c1-10(17-20(19)15(3,4)5)12-7-8-13-11(2)16-18(6)14(13)9-12/h7-11,16-17H,1-6H3/t10-,11?,20?/m1/s1. The summed E-state index contributed by atoms with van der Waals surface area (Å²) in [6.07, 6.45) is 0. The molecule has 0 spiro atoms. The maximum absolute atomic E-state index is 12.2. The molecule has 2 unspecified atom stereocenters. The van der Waals surface area contributed by atoms with Gasteiger partial charge in [-0.05, 0) is 51.8 Å². The lowest BCUT2D eigenvalue weighted by atomic mass is 10.0. The summed E-state index contributed by atoms with van der Waals surface area (Å²) in [6.45, 7) is 10.1. The van der Waals surface area contributed by atoms with Crippen molar-refractivity contribution in [3.8, 4) is 0 Å². The molecule has 0 fully saturated rings. The first kappa shape index (κ1) is 15.6. The number of nitrogens with one attached hydrogen (secondary N) is 2. The van der Waals surface area contributed by atoms with E-state index in [1.807, 2.05) is 27.8 Å². The lowest BCUT2D eigenvalue weighted by Crippen LogP contribution is -2.40. The van der Waals surface area contributed by atoms with E-state index in [1.54, 1.807) is 0 Å². The molecule has 1 heterocycles. The van der Waals surface area contributed by atoms with Crippen LogP contribution in [0.1, 0.15) is 57.8 Å². The molecular weight excluding hydrogens is 270 g/mol. The Labute approximate surface area is 125 Å². The molecule has 0 saturated carbocycles. The topological polar surface area (TPSA) is 50.4 Å². The molecule has 0 saturated heterocycles. The maximum Gasteiger partial charge on any atom is 0.136 e. The molecule has 0 bridgehead atoms. The third-order valence-electron chi connectivity index (χ3n) is 3.61. The van der Waals surface area contributed by atoms with Crippen LogP contribution in [-0.2, 0) is 11.4 Å². The van der Waals surface area contributed by atoms with Crippen molar-refractivity contribution in [1.82, 2.24) is 10.1 Å². The van der Waals surface area contributed by atoms with Gasteiger partial charge in [0.2, 0.25) is 0 Å². The smallest absolute Gasteiger partial charge is 0.136 e. The van der Waals surface area contributed by atoms with Gasteiger partial charge in [-0.1, -0.05) is 12.1 Å². The Kier molecular flexibility index (Phi) is 4.35. The van der Waals surface area contributed by atoms with Crippen molar-refractivity contribution in [2.75, 3.05) is 12.1 Å². The molecule has 1 aliphatic rings. The minimum Gasteiger partial charge on any atom is -0.598 e. The highest BCUT2D eigenvalue weighted by molar-refractivity contribution is 7.90. The molecule has 2 N–H and O–H groups in total. The predicted octanol–water partition coefficient (Wildman–Crippen LogP) is 2.81. The monoisotopic (exact) mass is 295 g/mol. The number of benzene rings is 1. The SMILES string of the molecule is CC1NN(C)c2cc([C@@H](C)N[S+]([O-])C(C)(C)C)ccc21. The fraction of sp³-hybridized carbons (Fsp3) is 0.600. The van der Waals surface area contributed by atoms with Gasteiger partial charge in [0.05, 0.1) is 17.8 Å². The van der Waals surface area contributed by atoms with E-state index in [9.17, 15) is 4.55 Å². The van der Waals surface area contributed by atoms with E-state index in [0.29, 0.717) is 6.04 Å². The highest BCUT2D eigenvalue weighted by atomic mass is 32.2. The molecule has 20 heavy (non-hydrogen) atoms. The number of hydrogen-bond acceptors (Lipinski definition) is 4. The molecule has 0 radical (unpaired) electrons. The van der Waals surface area contributed by atoms with Crippen LogP contribution in [0.5, 0.6) is 0 Å². The summed E-state index contributed by atoms with van der Waals surface area (Å²) >= 11 is -1.06. The number of hydrazine groups is 1. The van der Waals surface area contributed by atoms with Crippen LogP contribution in [0.4, 0.5) is 5.69 Å². The zero-order valence-corrected chi connectivity index (χ0v) is 14.0. The van der Waals surface area contributed by atoms with E-state index in [4.69, 9.17) is 0 Å². The van der Waals surface area contributed by atoms with Crippen molar-refractivity contribution >= 4 is 17.0 Å². The Bertz CT molecular complexity index is 486. The number of anilines is 1. The first-order valence-electron chi connectivity index (χ1n) is 7.02. The van der Waals surface area contributed by atoms with Crippen molar-refractivity contribution in [2.45, 2.75) is 51.4 Å². The molecule has 1 aromatic carbocycles. The van der Waals surface area contributed by atoms with Gasteiger partial charge in [0.15, 0.2) is 0 Å². The molecule has 3 atom stereocenters. The molecule has 0 amide bonds. The minimum atomic E-state index is -1.06. The Balaban J connectivity index is 2.16. The molecule has 4 nitrogen and oxygen atoms in total. The molecule has 2 rings (SSSR count). The second-order valence-corrected chi connectivity index (χ2v) is 8.45. The Morgan fingerprint density at radius 3 is 2.65 bits per heavy atom. The summed E-state index contributed by atoms with van der Waals surface area (Å²) < 4.78 is 15.1. The predicted molar refractivity (Wildman–Crippen MR) is 85.8 cm³/mol. The minimum absolute atomic E-state index is 0.0599. The normalized spacial score (nSPS) is 21.8. The maximum atomic E-state index is 12.2. The Morgan fingerprint density at radius 2 is 2.05 bits per heavy atom. The fourth-order valence-electron chi connectivity index (χ4n) is 2.32. The highest BCUT2D eigenvalue weighted by Gasteiger charge is 2.29. The van der Waals surface area contributed by atoms with E-state index in [1.165, 1.54) is 11.3 Å². The van der Waals surface area contributed by atoms with Crippen LogP contribution in [0.15, 0.2) is 18.2 Å². The summed E-state index contributed by atoms with van der Waals surface area (Å²) in [5.41, 5.74) is 7.03. The van der Waals surface area contributed by atoms with Gasteiger partial charge in [0.1, 0.15) is 4.75 Å². The van der Waals surface area contributed by atoms with Gasteiger partial charge in [-0.2, -0.15) is 0 Å². The van der Waals surface area contributed by atoms with Crippen LogP contribution in [0.25, 0.3) is 0 Å². The zero-order valence-electron chi connectivity index (χ0n) is 13.2. The van der Waals surface area contributed by atoms with Crippen molar-refractivity contribution in [2.24, 2.45) is 0 Å². The van der Waals surface area contributed by atoms with Crippen molar-refractivity contribution in [1.29, 1.82) is 0 Å². The van der Waals surface area contributed by atoms with Crippen LogP contribution in [-0.4, -0.2) is 16.3 Å². The van der Waals surface area contributed by atoms with E-state index >= 15 is 0 Å². The largest absolute Gasteiger partial charge is 0.598 e. The fourth-order valence-corrected chi connectivity index (χ4v) is 3.13. The molecule has 0 aromatic heterocycles. The molecule has 1 aliphatic heterocycles. The van der Waals surface area contributed by atoms with Gasteiger partial charge < -0.3 is 9.56 Å². The number of nitrogens with zero attached hydrogens (tertiary/aromatic N) is 1. The molecule has 0 aliphatic carbocycles. The van der Waals surface area contributed by atoms with Crippen molar-refractivity contribution in [3.05, 3.63) is 29.3 Å². The summed E-state index contributed by atoms with van der Waals surface area (Å²) in [6, 6.07) is 6.85. The van der Waals surface area contributed by atoms with Gasteiger partial charge in [0.25, 0.3) is 0 Å². The molecular formula is C15H25N3OS. The number of hydrogen-bond donors (Lipinski definition) is 2. The van der Waals surface area contributed by atoms with Gasteiger partial charge >= 0.3 is 0 Å². The Hall–Kier alpha value is -0.750. The first-order chi connectivity index (χ1) is 9.20. The van der Waals surface area contributed by atoms with Gasteiger partial charge in [-0.25, -0.2) is 5.43 Å². The number of fused-ring (bicyclic) bond motifs is 1. The Morgan fingerprint density at radius 1 is 1.40 bits per heavy atom. The van der Waals surface area contributed by atoms with Crippen LogP contribution in [0, 0.1) is 0 Å². The van der Waals surface area contributed by atoms with E-state index in [-0.39, 0.29) is 10.8 Å². The summed E-state index contributed by atoms with van der Waals surface area (Å²) in [5, 5.41) is 2.05. The van der Waals surface area contributed by atoms with E-state index < -0.39 is 11.4 Å². The van der Waals surface area contributed by atoms with Gasteiger partial charge in [-0.15, -0.1) is 4.72 Å². The molecule has 1 aromatic rings. The van der Waals surface area contributed by atoms with Crippen molar-refractivity contribution in [3.63, 3.8) is 0 Å². The van der Waals surface area contributed by atoms with Crippen molar-refractivity contribution < 1.29 is 4.55 Å². The van der Waals surface area contributed by atoms with Crippen LogP contribution in [0.3, 0.4) is 0 Å². The third-order valence-corrected chi connectivity index (χ3v) is 5.29. The summed E-state index contributed by atoms with van der Waals surface area (Å²) in [7, 11) is 2.03. The highest BCUT2D eigenvalue weighted by Crippen LogP contribution is 2.33. The van der Waals surface area contributed by atoms with Crippen LogP contribution >= 0.6 is 0 Å². The quantitative estimate of drug-likeness (QED) is 0.842. The zero-order chi connectivity index (χ0) is 15.1. The summed E-state index contributed by atoms with van der Waals surface area (Å²) in [4.78, 5) is 0. The lowest BCUT2D eigenvalue weighted by molar-refractivity contribution is 0.531. The average Bonchev–Trinajstić information content (AvgIpc) is 2.63. The number of rotatable bonds is 3. The first-order valence-corrected chi connectivity index (χ1v) is 8.17. The van der Waals surface area contributed by atoms with E-state index in [0.717, 1.165) is 5.56 Å². The molecule has 5 heteroatoms. The van der Waals surface area contributed by atoms with Gasteiger partial charge in [0, 0.05) is 18.4 Å². The van der Waals surface area contributed by atoms with E-state index in [2.05, 4.69) is 47.2 Å². The second kappa shape index (κ2) is 5.56. The third kappa shape index (κ3) is 3.11.